The molecule has 1 aliphatic carbocycles. The maximum Gasteiger partial charge on any atom is 0.0585 e. The standard InChI is InChI=1S/C9H19NO/c1-8(2)7(6(10)5-11)9(8,3)4/h6-7,11H,5,10H2,1-4H3/t6-/m1/s1. The molecule has 1 fully saturated rings. The first-order valence-corrected chi connectivity index (χ1v) is 4.22. The topological polar surface area (TPSA) is 46.2 Å². The predicted octanol–water partition coefficient (Wildman–Crippen LogP) is 0.988. The second-order valence-electron chi connectivity index (χ2n) is 4.77. The summed E-state index contributed by atoms with van der Waals surface area (Å²) in [6.45, 7) is 8.97. The molecular formula is C9H19NO. The smallest absolute Gasteiger partial charge is 0.0585 e. The molecule has 0 aliphatic heterocycles. The van der Waals surface area contributed by atoms with Gasteiger partial charge in [0.1, 0.15) is 0 Å². The molecule has 1 saturated carbocycles. The van der Waals surface area contributed by atoms with E-state index in [4.69, 9.17) is 10.8 Å². The van der Waals surface area contributed by atoms with Crippen molar-refractivity contribution < 1.29 is 5.11 Å². The van der Waals surface area contributed by atoms with Crippen LogP contribution in [-0.2, 0) is 0 Å². The summed E-state index contributed by atoms with van der Waals surface area (Å²) in [5.74, 6) is 0.472. The average Bonchev–Trinajstić information content (AvgIpc) is 2.24. The lowest BCUT2D eigenvalue weighted by molar-refractivity contribution is 0.240. The van der Waals surface area contributed by atoms with Gasteiger partial charge in [-0.1, -0.05) is 27.7 Å². The van der Waals surface area contributed by atoms with Crippen LogP contribution in [0.5, 0.6) is 0 Å². The zero-order valence-corrected chi connectivity index (χ0v) is 7.89. The highest BCUT2D eigenvalue weighted by atomic mass is 16.3. The Morgan fingerprint density at radius 1 is 1.27 bits per heavy atom. The molecule has 0 heterocycles. The van der Waals surface area contributed by atoms with Gasteiger partial charge in [-0.25, -0.2) is 0 Å². The van der Waals surface area contributed by atoms with Crippen LogP contribution < -0.4 is 5.73 Å². The SMILES string of the molecule is CC1(C)C([C@H](N)CO)C1(C)C. The highest BCUT2D eigenvalue weighted by Gasteiger charge is 2.66. The minimum atomic E-state index is -0.0417. The minimum absolute atomic E-state index is 0.0417. The van der Waals surface area contributed by atoms with Gasteiger partial charge in [-0.15, -0.1) is 0 Å². The van der Waals surface area contributed by atoms with Crippen LogP contribution in [-0.4, -0.2) is 17.8 Å². The van der Waals surface area contributed by atoms with Crippen molar-refractivity contribution in [3.8, 4) is 0 Å². The van der Waals surface area contributed by atoms with Crippen molar-refractivity contribution in [3.63, 3.8) is 0 Å². The van der Waals surface area contributed by atoms with Crippen LogP contribution in [0.15, 0.2) is 0 Å². The molecule has 0 spiro atoms. The van der Waals surface area contributed by atoms with Gasteiger partial charge in [-0.05, 0) is 16.7 Å². The van der Waals surface area contributed by atoms with Gasteiger partial charge in [0.15, 0.2) is 0 Å². The van der Waals surface area contributed by atoms with Crippen molar-refractivity contribution in [2.24, 2.45) is 22.5 Å². The summed E-state index contributed by atoms with van der Waals surface area (Å²) >= 11 is 0. The largest absolute Gasteiger partial charge is 0.395 e. The van der Waals surface area contributed by atoms with E-state index in [0.29, 0.717) is 16.7 Å². The van der Waals surface area contributed by atoms with Gasteiger partial charge in [0.2, 0.25) is 0 Å². The Hall–Kier alpha value is -0.0800. The van der Waals surface area contributed by atoms with Crippen LogP contribution in [0.2, 0.25) is 0 Å². The van der Waals surface area contributed by atoms with Crippen molar-refractivity contribution in [1.29, 1.82) is 0 Å². The third-order valence-corrected chi connectivity index (χ3v) is 3.77. The molecule has 11 heavy (non-hydrogen) atoms. The fourth-order valence-corrected chi connectivity index (χ4v) is 2.42. The lowest BCUT2D eigenvalue weighted by Gasteiger charge is -2.08. The Bertz CT molecular complexity index is 149. The Labute approximate surface area is 68.8 Å². The van der Waals surface area contributed by atoms with E-state index in [1.54, 1.807) is 0 Å². The Balaban J connectivity index is 2.67. The maximum atomic E-state index is 8.88. The van der Waals surface area contributed by atoms with Crippen molar-refractivity contribution in [1.82, 2.24) is 0 Å². The lowest BCUT2D eigenvalue weighted by atomic mass is 10.0. The fourth-order valence-electron chi connectivity index (χ4n) is 2.42. The van der Waals surface area contributed by atoms with Crippen LogP contribution >= 0.6 is 0 Å². The molecule has 0 saturated heterocycles. The Morgan fingerprint density at radius 2 is 1.64 bits per heavy atom. The molecule has 1 atom stereocenters. The van der Waals surface area contributed by atoms with Crippen molar-refractivity contribution in [2.75, 3.05) is 6.61 Å². The quantitative estimate of drug-likeness (QED) is 0.628. The van der Waals surface area contributed by atoms with Gasteiger partial charge in [0, 0.05) is 6.04 Å². The van der Waals surface area contributed by atoms with E-state index >= 15 is 0 Å². The zero-order valence-electron chi connectivity index (χ0n) is 7.89. The third-order valence-electron chi connectivity index (χ3n) is 3.77. The van der Waals surface area contributed by atoms with E-state index in [2.05, 4.69) is 27.7 Å². The number of aliphatic hydroxyl groups is 1. The molecule has 0 aromatic carbocycles. The van der Waals surface area contributed by atoms with Crippen LogP contribution in [0.3, 0.4) is 0 Å². The molecule has 2 nitrogen and oxygen atoms in total. The zero-order chi connectivity index (χ0) is 8.86. The van der Waals surface area contributed by atoms with Crippen LogP contribution in [0.25, 0.3) is 0 Å². The van der Waals surface area contributed by atoms with Gasteiger partial charge in [-0.3, -0.25) is 0 Å². The van der Waals surface area contributed by atoms with Crippen molar-refractivity contribution >= 4 is 0 Å². The summed E-state index contributed by atoms with van der Waals surface area (Å²) in [5, 5.41) is 8.88. The summed E-state index contributed by atoms with van der Waals surface area (Å²) in [7, 11) is 0. The van der Waals surface area contributed by atoms with E-state index in [-0.39, 0.29) is 12.6 Å². The molecule has 1 aliphatic rings. The number of hydrogen-bond acceptors (Lipinski definition) is 2. The molecule has 0 aromatic rings. The van der Waals surface area contributed by atoms with Gasteiger partial charge >= 0.3 is 0 Å². The normalized spacial score (nSPS) is 30.0. The first-order chi connectivity index (χ1) is 4.85. The Kier molecular flexibility index (Phi) is 1.81. The number of aliphatic hydroxyl groups excluding tert-OH is 1. The van der Waals surface area contributed by atoms with Crippen LogP contribution in [0, 0.1) is 16.7 Å². The van der Waals surface area contributed by atoms with E-state index in [1.807, 2.05) is 0 Å². The van der Waals surface area contributed by atoms with Crippen molar-refractivity contribution in [3.05, 3.63) is 0 Å². The molecule has 0 bridgehead atoms. The maximum absolute atomic E-state index is 8.88. The van der Waals surface area contributed by atoms with Crippen LogP contribution in [0.4, 0.5) is 0 Å². The molecule has 0 amide bonds. The summed E-state index contributed by atoms with van der Waals surface area (Å²) in [6.07, 6.45) is 0. The lowest BCUT2D eigenvalue weighted by Crippen LogP contribution is -2.29. The number of rotatable bonds is 2. The van der Waals surface area contributed by atoms with E-state index in [1.165, 1.54) is 0 Å². The van der Waals surface area contributed by atoms with Crippen molar-refractivity contribution in [2.45, 2.75) is 33.7 Å². The molecule has 2 heteroatoms. The van der Waals surface area contributed by atoms with Gasteiger partial charge < -0.3 is 10.8 Å². The van der Waals surface area contributed by atoms with Gasteiger partial charge in [-0.2, -0.15) is 0 Å². The third kappa shape index (κ3) is 1.00. The molecule has 1 rings (SSSR count). The summed E-state index contributed by atoms with van der Waals surface area (Å²) in [4.78, 5) is 0. The number of hydrogen-bond donors (Lipinski definition) is 2. The molecular weight excluding hydrogens is 138 g/mol. The first-order valence-electron chi connectivity index (χ1n) is 4.22. The second kappa shape index (κ2) is 2.20. The Morgan fingerprint density at radius 3 is 1.73 bits per heavy atom. The molecule has 0 unspecified atom stereocenters. The van der Waals surface area contributed by atoms with Crippen LogP contribution in [0.1, 0.15) is 27.7 Å². The molecule has 66 valence electrons. The van der Waals surface area contributed by atoms with Gasteiger partial charge in [0.05, 0.1) is 6.61 Å². The number of nitrogens with two attached hydrogens (primary N) is 1. The summed E-state index contributed by atoms with van der Waals surface area (Å²) in [5.41, 5.74) is 6.38. The highest BCUT2D eigenvalue weighted by molar-refractivity contribution is 5.15. The molecule has 0 aromatic heterocycles. The summed E-state index contributed by atoms with van der Waals surface area (Å²) < 4.78 is 0. The van der Waals surface area contributed by atoms with E-state index in [0.717, 1.165) is 0 Å². The fraction of sp³-hybridized carbons (Fsp3) is 1.00. The average molecular weight is 157 g/mol. The first kappa shape index (κ1) is 9.01. The van der Waals surface area contributed by atoms with Gasteiger partial charge in [0.25, 0.3) is 0 Å². The monoisotopic (exact) mass is 157 g/mol. The van der Waals surface area contributed by atoms with E-state index in [9.17, 15) is 0 Å². The highest BCUT2D eigenvalue weighted by Crippen LogP contribution is 2.69. The predicted molar refractivity (Wildman–Crippen MR) is 46.1 cm³/mol. The molecule has 0 radical (unpaired) electrons. The minimum Gasteiger partial charge on any atom is -0.395 e. The second-order valence-corrected chi connectivity index (χ2v) is 4.77. The van der Waals surface area contributed by atoms with E-state index < -0.39 is 0 Å². The summed E-state index contributed by atoms with van der Waals surface area (Å²) in [6, 6.07) is -0.0417. The molecule has 3 N–H and O–H groups in total.